The van der Waals surface area contributed by atoms with Gasteiger partial charge < -0.3 is 15.5 Å². The summed E-state index contributed by atoms with van der Waals surface area (Å²) in [4.78, 5) is 2.70. The van der Waals surface area contributed by atoms with Crippen LogP contribution in [0.25, 0.3) is 0 Å². The van der Waals surface area contributed by atoms with Crippen LogP contribution in [-0.2, 0) is 0 Å². The minimum Gasteiger partial charge on any atom is -0.317 e. The third-order valence-electron chi connectivity index (χ3n) is 7.12. The summed E-state index contributed by atoms with van der Waals surface area (Å²) in [7, 11) is 0. The highest BCUT2D eigenvalue weighted by Crippen LogP contribution is 2.49. The lowest BCUT2D eigenvalue weighted by Gasteiger charge is -2.46. The SMILES string of the molecule is FC1CCC2NCC3(CCN(CC4CCNCC4)CC3)C2C1. The molecule has 0 aromatic carbocycles. The fourth-order valence-corrected chi connectivity index (χ4v) is 5.66. The highest BCUT2D eigenvalue weighted by molar-refractivity contribution is 5.05. The van der Waals surface area contributed by atoms with Crippen LogP contribution in [0.15, 0.2) is 0 Å². The molecule has 0 aromatic rings. The molecule has 4 rings (SSSR count). The van der Waals surface area contributed by atoms with E-state index in [0.29, 0.717) is 17.4 Å². The van der Waals surface area contributed by atoms with Crippen LogP contribution in [0.4, 0.5) is 4.39 Å². The number of alkyl halides is 1. The van der Waals surface area contributed by atoms with Gasteiger partial charge in [0, 0.05) is 19.1 Å². The Hall–Kier alpha value is -0.190. The van der Waals surface area contributed by atoms with E-state index in [-0.39, 0.29) is 0 Å². The largest absolute Gasteiger partial charge is 0.317 e. The van der Waals surface area contributed by atoms with Gasteiger partial charge in [0.1, 0.15) is 6.17 Å². The lowest BCUT2D eigenvalue weighted by Crippen LogP contribution is -2.47. The second-order valence-corrected chi connectivity index (χ2v) is 8.36. The van der Waals surface area contributed by atoms with E-state index in [2.05, 4.69) is 15.5 Å². The summed E-state index contributed by atoms with van der Waals surface area (Å²) in [5, 5.41) is 7.21. The number of hydrogen-bond acceptors (Lipinski definition) is 3. The van der Waals surface area contributed by atoms with E-state index in [0.717, 1.165) is 31.7 Å². The van der Waals surface area contributed by atoms with Crippen molar-refractivity contribution < 1.29 is 4.39 Å². The number of rotatable bonds is 2. The van der Waals surface area contributed by atoms with Gasteiger partial charge in [0.2, 0.25) is 0 Å². The van der Waals surface area contributed by atoms with Crippen LogP contribution in [0.2, 0.25) is 0 Å². The number of fused-ring (bicyclic) bond motifs is 2. The maximum atomic E-state index is 13.9. The van der Waals surface area contributed by atoms with Gasteiger partial charge in [-0.2, -0.15) is 0 Å². The third-order valence-corrected chi connectivity index (χ3v) is 7.12. The van der Waals surface area contributed by atoms with Crippen LogP contribution in [0.1, 0.15) is 44.9 Å². The minimum absolute atomic E-state index is 0.417. The van der Waals surface area contributed by atoms with Crippen molar-refractivity contribution in [3.8, 4) is 0 Å². The van der Waals surface area contributed by atoms with Crippen molar-refractivity contribution in [1.82, 2.24) is 15.5 Å². The molecule has 3 nitrogen and oxygen atoms in total. The van der Waals surface area contributed by atoms with E-state index >= 15 is 0 Å². The van der Waals surface area contributed by atoms with E-state index in [1.165, 1.54) is 58.4 Å². The summed E-state index contributed by atoms with van der Waals surface area (Å²) in [5.74, 6) is 1.51. The van der Waals surface area contributed by atoms with Crippen LogP contribution in [0.3, 0.4) is 0 Å². The molecule has 0 bridgehead atoms. The Bertz CT molecular complexity index is 375. The third kappa shape index (κ3) is 2.94. The Morgan fingerprint density at radius 1 is 1.05 bits per heavy atom. The molecule has 1 saturated carbocycles. The van der Waals surface area contributed by atoms with Gasteiger partial charge in [-0.05, 0) is 88.4 Å². The zero-order valence-corrected chi connectivity index (χ0v) is 13.8. The molecule has 1 aliphatic carbocycles. The number of nitrogens with zero attached hydrogens (tertiary/aromatic N) is 1. The average Bonchev–Trinajstić information content (AvgIpc) is 2.89. The van der Waals surface area contributed by atoms with Crippen molar-refractivity contribution in [3.05, 3.63) is 0 Å². The topological polar surface area (TPSA) is 27.3 Å². The van der Waals surface area contributed by atoms with Crippen molar-refractivity contribution in [2.75, 3.05) is 39.3 Å². The van der Waals surface area contributed by atoms with Crippen molar-refractivity contribution >= 4 is 0 Å². The maximum absolute atomic E-state index is 13.9. The van der Waals surface area contributed by atoms with Crippen molar-refractivity contribution in [2.24, 2.45) is 17.3 Å². The molecule has 3 saturated heterocycles. The van der Waals surface area contributed by atoms with E-state index in [4.69, 9.17) is 0 Å². The van der Waals surface area contributed by atoms with Crippen molar-refractivity contribution in [1.29, 1.82) is 0 Å². The predicted octanol–water partition coefficient (Wildman–Crippen LogP) is 2.18. The molecule has 0 aromatic heterocycles. The first-order valence-electron chi connectivity index (χ1n) is 9.56. The molecular formula is C18H32FN3. The summed E-state index contributed by atoms with van der Waals surface area (Å²) < 4.78 is 13.9. The predicted molar refractivity (Wildman–Crippen MR) is 87.7 cm³/mol. The Kier molecular flexibility index (Phi) is 4.44. The van der Waals surface area contributed by atoms with Crippen LogP contribution in [-0.4, -0.2) is 56.4 Å². The first-order chi connectivity index (χ1) is 10.8. The second-order valence-electron chi connectivity index (χ2n) is 8.36. The number of hydrogen-bond donors (Lipinski definition) is 2. The molecule has 4 heteroatoms. The van der Waals surface area contributed by atoms with Gasteiger partial charge >= 0.3 is 0 Å². The highest BCUT2D eigenvalue weighted by atomic mass is 19.1. The van der Waals surface area contributed by atoms with E-state index in [1.807, 2.05) is 0 Å². The van der Waals surface area contributed by atoms with Gasteiger partial charge in [0.25, 0.3) is 0 Å². The van der Waals surface area contributed by atoms with Crippen LogP contribution >= 0.6 is 0 Å². The maximum Gasteiger partial charge on any atom is 0.101 e. The summed E-state index contributed by atoms with van der Waals surface area (Å²) in [6, 6.07) is 0.614. The van der Waals surface area contributed by atoms with E-state index in [1.54, 1.807) is 0 Å². The lowest BCUT2D eigenvalue weighted by molar-refractivity contribution is 0.0358. The molecule has 22 heavy (non-hydrogen) atoms. The first kappa shape index (κ1) is 15.3. The van der Waals surface area contributed by atoms with Gasteiger partial charge in [-0.25, -0.2) is 4.39 Å². The summed E-state index contributed by atoms with van der Waals surface area (Å²) in [6.45, 7) is 7.33. The fourth-order valence-electron chi connectivity index (χ4n) is 5.66. The molecule has 0 amide bonds. The molecule has 3 unspecified atom stereocenters. The van der Waals surface area contributed by atoms with Crippen molar-refractivity contribution in [2.45, 2.75) is 57.2 Å². The quantitative estimate of drug-likeness (QED) is 0.819. The molecule has 1 spiro atoms. The highest BCUT2D eigenvalue weighted by Gasteiger charge is 2.51. The number of halogens is 1. The van der Waals surface area contributed by atoms with E-state index in [9.17, 15) is 4.39 Å². The first-order valence-corrected chi connectivity index (χ1v) is 9.56. The van der Waals surface area contributed by atoms with Crippen LogP contribution in [0.5, 0.6) is 0 Å². The van der Waals surface area contributed by atoms with Gasteiger partial charge in [-0.3, -0.25) is 0 Å². The molecule has 0 radical (unpaired) electrons. The van der Waals surface area contributed by atoms with E-state index < -0.39 is 6.17 Å². The van der Waals surface area contributed by atoms with Crippen molar-refractivity contribution in [3.63, 3.8) is 0 Å². The number of nitrogens with one attached hydrogen (secondary N) is 2. The lowest BCUT2D eigenvalue weighted by atomic mass is 9.64. The molecule has 3 aliphatic heterocycles. The molecule has 2 N–H and O–H groups in total. The smallest absolute Gasteiger partial charge is 0.101 e. The fraction of sp³-hybridized carbons (Fsp3) is 1.00. The zero-order chi connectivity index (χ0) is 15.0. The minimum atomic E-state index is -0.536. The Labute approximate surface area is 134 Å². The monoisotopic (exact) mass is 309 g/mol. The molecule has 4 fully saturated rings. The number of piperidine rings is 2. The average molecular weight is 309 g/mol. The summed E-state index contributed by atoms with van der Waals surface area (Å²) in [5.41, 5.74) is 0.417. The molecule has 3 heterocycles. The molecular weight excluding hydrogens is 277 g/mol. The Balaban J connectivity index is 1.33. The Morgan fingerprint density at radius 2 is 1.82 bits per heavy atom. The van der Waals surface area contributed by atoms with Gasteiger partial charge in [0.15, 0.2) is 0 Å². The standard InChI is InChI=1S/C18H32FN3/c19-15-1-2-17-16(11-15)18(13-21-17)5-9-22(10-6-18)12-14-3-7-20-8-4-14/h14-17,20-21H,1-13H2. The van der Waals surface area contributed by atoms with Crippen LogP contribution in [0, 0.1) is 17.3 Å². The second kappa shape index (κ2) is 6.37. The normalized spacial score (nSPS) is 40.0. The van der Waals surface area contributed by atoms with Crippen LogP contribution < -0.4 is 10.6 Å². The van der Waals surface area contributed by atoms with Gasteiger partial charge in [0.05, 0.1) is 0 Å². The zero-order valence-electron chi connectivity index (χ0n) is 13.8. The number of likely N-dealkylation sites (tertiary alicyclic amines) is 1. The molecule has 4 aliphatic rings. The molecule has 3 atom stereocenters. The summed E-state index contributed by atoms with van der Waals surface area (Å²) >= 11 is 0. The molecule has 126 valence electrons. The summed E-state index contributed by atoms with van der Waals surface area (Å²) in [6.07, 6.45) is 7.41. The van der Waals surface area contributed by atoms with Gasteiger partial charge in [-0.1, -0.05) is 0 Å². The Morgan fingerprint density at radius 3 is 2.59 bits per heavy atom. The van der Waals surface area contributed by atoms with Gasteiger partial charge in [-0.15, -0.1) is 0 Å².